The van der Waals surface area contributed by atoms with Crippen LogP contribution in [0.25, 0.3) is 0 Å². The Balaban J connectivity index is 2.40. The smallest absolute Gasteiger partial charge is 0.258 e. The number of hydrogen-bond donors (Lipinski definition) is 2. The molecule has 0 heterocycles. The Morgan fingerprint density at radius 3 is 2.81 bits per heavy atom. The van der Waals surface area contributed by atoms with Crippen molar-refractivity contribution in [3.8, 4) is 5.75 Å². The first-order chi connectivity index (χ1) is 7.63. The summed E-state index contributed by atoms with van der Waals surface area (Å²) < 4.78 is 5.35. The first-order valence-corrected chi connectivity index (χ1v) is 5.22. The lowest BCUT2D eigenvalue weighted by Gasteiger charge is -2.12. The molecule has 0 unspecified atom stereocenters. The molecule has 1 aromatic carbocycles. The summed E-state index contributed by atoms with van der Waals surface area (Å²) in [4.78, 5) is 11.3. The van der Waals surface area contributed by atoms with E-state index in [4.69, 9.17) is 9.84 Å². The van der Waals surface area contributed by atoms with E-state index in [-0.39, 0.29) is 25.2 Å². The van der Waals surface area contributed by atoms with Crippen LogP contribution in [0.1, 0.15) is 12.5 Å². The van der Waals surface area contributed by atoms with Gasteiger partial charge in [0.15, 0.2) is 6.61 Å². The summed E-state index contributed by atoms with van der Waals surface area (Å²) >= 11 is 0. The van der Waals surface area contributed by atoms with E-state index in [9.17, 15) is 4.79 Å². The van der Waals surface area contributed by atoms with Gasteiger partial charge >= 0.3 is 0 Å². The van der Waals surface area contributed by atoms with Gasteiger partial charge in [0.2, 0.25) is 0 Å². The Hall–Kier alpha value is -1.55. The minimum absolute atomic E-state index is 0.0325. The number of para-hydroxylation sites is 1. The highest BCUT2D eigenvalue weighted by Gasteiger charge is 2.07. The average Bonchev–Trinajstić information content (AvgIpc) is 2.28. The van der Waals surface area contributed by atoms with Gasteiger partial charge in [-0.1, -0.05) is 18.2 Å². The van der Waals surface area contributed by atoms with Crippen molar-refractivity contribution in [3.05, 3.63) is 29.8 Å². The van der Waals surface area contributed by atoms with E-state index in [0.717, 1.165) is 5.56 Å². The number of rotatable bonds is 5. The Morgan fingerprint density at radius 2 is 2.19 bits per heavy atom. The van der Waals surface area contributed by atoms with Gasteiger partial charge in [-0.25, -0.2) is 0 Å². The Kier molecular flexibility index (Phi) is 4.79. The molecule has 0 radical (unpaired) electrons. The second-order valence-corrected chi connectivity index (χ2v) is 3.71. The summed E-state index contributed by atoms with van der Waals surface area (Å²) in [6.07, 6.45) is 0. The lowest BCUT2D eigenvalue weighted by molar-refractivity contribution is -0.124. The molecular formula is C12H17NO3. The SMILES string of the molecule is Cc1ccccc1OCC(=O)N[C@H](C)CO. The number of nitrogens with one attached hydrogen (secondary N) is 1. The standard InChI is InChI=1S/C12H17NO3/c1-9-5-3-4-6-11(9)16-8-12(15)13-10(2)7-14/h3-6,10,14H,7-8H2,1-2H3,(H,13,15)/t10-/m1/s1. The summed E-state index contributed by atoms with van der Waals surface area (Å²) in [6.45, 7) is 3.54. The Morgan fingerprint density at radius 1 is 1.50 bits per heavy atom. The molecule has 1 amide bonds. The molecule has 4 heteroatoms. The largest absolute Gasteiger partial charge is 0.484 e. The highest BCUT2D eigenvalue weighted by Crippen LogP contribution is 2.15. The van der Waals surface area contributed by atoms with Crippen molar-refractivity contribution in [1.82, 2.24) is 5.32 Å². The highest BCUT2D eigenvalue weighted by molar-refractivity contribution is 5.77. The van der Waals surface area contributed by atoms with Crippen molar-refractivity contribution in [2.24, 2.45) is 0 Å². The molecule has 0 saturated carbocycles. The minimum atomic E-state index is -0.243. The molecular weight excluding hydrogens is 206 g/mol. The van der Waals surface area contributed by atoms with Crippen molar-refractivity contribution < 1.29 is 14.6 Å². The molecule has 88 valence electrons. The number of ether oxygens (including phenoxy) is 1. The van der Waals surface area contributed by atoms with Crippen LogP contribution in [0.5, 0.6) is 5.75 Å². The number of aliphatic hydroxyl groups excluding tert-OH is 1. The van der Waals surface area contributed by atoms with Gasteiger partial charge in [-0.3, -0.25) is 4.79 Å². The topological polar surface area (TPSA) is 58.6 Å². The number of benzene rings is 1. The average molecular weight is 223 g/mol. The summed E-state index contributed by atoms with van der Waals surface area (Å²) in [6, 6.07) is 7.27. The zero-order valence-corrected chi connectivity index (χ0v) is 9.56. The maximum atomic E-state index is 11.3. The predicted octanol–water partition coefficient (Wildman–Crippen LogP) is 0.871. The van der Waals surface area contributed by atoms with E-state index in [1.807, 2.05) is 31.2 Å². The van der Waals surface area contributed by atoms with E-state index >= 15 is 0 Å². The summed E-state index contributed by atoms with van der Waals surface area (Å²) in [5, 5.41) is 11.4. The molecule has 1 rings (SSSR count). The van der Waals surface area contributed by atoms with Gasteiger partial charge in [0.25, 0.3) is 5.91 Å². The second kappa shape index (κ2) is 6.12. The number of hydrogen-bond acceptors (Lipinski definition) is 3. The van der Waals surface area contributed by atoms with Crippen LogP contribution in [-0.4, -0.2) is 30.3 Å². The van der Waals surface area contributed by atoms with Crippen LogP contribution in [0.4, 0.5) is 0 Å². The van der Waals surface area contributed by atoms with Crippen molar-refractivity contribution in [3.63, 3.8) is 0 Å². The first kappa shape index (κ1) is 12.5. The molecule has 1 aromatic rings. The maximum Gasteiger partial charge on any atom is 0.258 e. The number of aliphatic hydroxyl groups is 1. The normalized spacial score (nSPS) is 11.9. The lowest BCUT2D eigenvalue weighted by atomic mass is 10.2. The fourth-order valence-electron chi connectivity index (χ4n) is 1.22. The fourth-order valence-corrected chi connectivity index (χ4v) is 1.22. The quantitative estimate of drug-likeness (QED) is 0.778. The van der Waals surface area contributed by atoms with Crippen LogP contribution in [0.3, 0.4) is 0 Å². The van der Waals surface area contributed by atoms with E-state index < -0.39 is 0 Å². The number of carbonyl (C=O) groups excluding carboxylic acids is 1. The second-order valence-electron chi connectivity index (χ2n) is 3.71. The molecule has 1 atom stereocenters. The van der Waals surface area contributed by atoms with Crippen LogP contribution < -0.4 is 10.1 Å². The zero-order chi connectivity index (χ0) is 12.0. The van der Waals surface area contributed by atoms with Crippen LogP contribution in [0, 0.1) is 6.92 Å². The third-order valence-electron chi connectivity index (χ3n) is 2.13. The van der Waals surface area contributed by atoms with E-state index in [1.165, 1.54) is 0 Å². The first-order valence-electron chi connectivity index (χ1n) is 5.22. The summed E-state index contributed by atoms with van der Waals surface area (Å²) in [5.74, 6) is 0.471. The van der Waals surface area contributed by atoms with E-state index in [0.29, 0.717) is 5.75 Å². The van der Waals surface area contributed by atoms with Gasteiger partial charge < -0.3 is 15.2 Å². The molecule has 0 aliphatic carbocycles. The van der Waals surface area contributed by atoms with Gasteiger partial charge in [0, 0.05) is 6.04 Å². The van der Waals surface area contributed by atoms with E-state index in [1.54, 1.807) is 6.92 Å². The van der Waals surface area contributed by atoms with Crippen LogP contribution in [-0.2, 0) is 4.79 Å². The van der Waals surface area contributed by atoms with Crippen molar-refractivity contribution in [1.29, 1.82) is 0 Å². The van der Waals surface area contributed by atoms with Gasteiger partial charge in [-0.15, -0.1) is 0 Å². The molecule has 4 nitrogen and oxygen atoms in total. The fraction of sp³-hybridized carbons (Fsp3) is 0.417. The van der Waals surface area contributed by atoms with Crippen LogP contribution >= 0.6 is 0 Å². The highest BCUT2D eigenvalue weighted by atomic mass is 16.5. The number of amides is 1. The van der Waals surface area contributed by atoms with Gasteiger partial charge in [-0.2, -0.15) is 0 Å². The monoisotopic (exact) mass is 223 g/mol. The van der Waals surface area contributed by atoms with Gasteiger partial charge in [0.05, 0.1) is 6.61 Å². The molecule has 0 fully saturated rings. The molecule has 2 N–H and O–H groups in total. The predicted molar refractivity (Wildman–Crippen MR) is 61.4 cm³/mol. The van der Waals surface area contributed by atoms with E-state index in [2.05, 4.69) is 5.32 Å². The molecule has 0 aromatic heterocycles. The van der Waals surface area contributed by atoms with Crippen LogP contribution in [0.2, 0.25) is 0 Å². The third-order valence-corrected chi connectivity index (χ3v) is 2.13. The number of carbonyl (C=O) groups is 1. The molecule has 0 aliphatic heterocycles. The summed E-state index contributed by atoms with van der Waals surface area (Å²) in [5.41, 5.74) is 0.991. The minimum Gasteiger partial charge on any atom is -0.484 e. The lowest BCUT2D eigenvalue weighted by Crippen LogP contribution is -2.38. The Bertz CT molecular complexity index is 352. The Labute approximate surface area is 95.2 Å². The van der Waals surface area contributed by atoms with Gasteiger partial charge in [0.1, 0.15) is 5.75 Å². The number of aryl methyl sites for hydroxylation is 1. The van der Waals surface area contributed by atoms with Crippen molar-refractivity contribution in [2.45, 2.75) is 19.9 Å². The maximum absolute atomic E-state index is 11.3. The molecule has 0 aliphatic rings. The molecule has 0 saturated heterocycles. The van der Waals surface area contributed by atoms with Crippen molar-refractivity contribution in [2.75, 3.05) is 13.2 Å². The summed E-state index contributed by atoms with van der Waals surface area (Å²) in [7, 11) is 0. The third kappa shape index (κ3) is 3.90. The van der Waals surface area contributed by atoms with Gasteiger partial charge in [-0.05, 0) is 25.5 Å². The molecule has 0 bridgehead atoms. The van der Waals surface area contributed by atoms with Crippen molar-refractivity contribution >= 4 is 5.91 Å². The molecule has 0 spiro atoms. The molecule has 16 heavy (non-hydrogen) atoms. The zero-order valence-electron chi connectivity index (χ0n) is 9.56. The van der Waals surface area contributed by atoms with Crippen LogP contribution in [0.15, 0.2) is 24.3 Å².